The van der Waals surface area contributed by atoms with Gasteiger partial charge in [-0.25, -0.2) is 5.43 Å². The van der Waals surface area contributed by atoms with Crippen LogP contribution in [0.5, 0.6) is 5.75 Å². The van der Waals surface area contributed by atoms with E-state index in [4.69, 9.17) is 4.74 Å². The second-order valence-electron chi connectivity index (χ2n) is 5.66. The highest BCUT2D eigenvalue weighted by Gasteiger charge is 2.30. The number of carbonyl (C=O) groups is 1. The maximum Gasteiger partial charge on any atom is 0.416 e. The second-order valence-corrected chi connectivity index (χ2v) is 6.58. The molecular formula is C19H18BrF3N2O2. The molecule has 0 heterocycles. The van der Waals surface area contributed by atoms with E-state index >= 15 is 0 Å². The summed E-state index contributed by atoms with van der Waals surface area (Å²) in [5.41, 5.74) is 1.84. The maximum absolute atomic E-state index is 12.7. The van der Waals surface area contributed by atoms with Crippen LogP contribution in [0.4, 0.5) is 13.2 Å². The standard InChI is InChI=1S/C19H18BrF3N2O2/c1-2-3-9-27-17-8-7-16(20)11-14(17)12-24-25-18(26)13-5-4-6-15(10-13)19(21,22)23/h4-8,10-12H,2-3,9H2,1H3,(H,25,26)/b24-12+. The van der Waals surface area contributed by atoms with Gasteiger partial charge in [-0.05, 0) is 42.8 Å². The third-order valence-electron chi connectivity index (χ3n) is 3.55. The van der Waals surface area contributed by atoms with Crippen LogP contribution in [0.2, 0.25) is 0 Å². The lowest BCUT2D eigenvalue weighted by Gasteiger charge is -2.09. The maximum atomic E-state index is 12.7. The SMILES string of the molecule is CCCCOc1ccc(Br)cc1/C=N/NC(=O)c1cccc(C(F)(F)F)c1. The van der Waals surface area contributed by atoms with Crippen LogP contribution in [0, 0.1) is 0 Å². The minimum atomic E-state index is -4.51. The summed E-state index contributed by atoms with van der Waals surface area (Å²) < 4.78 is 44.7. The summed E-state index contributed by atoms with van der Waals surface area (Å²) in [7, 11) is 0. The molecule has 0 atom stereocenters. The highest BCUT2D eigenvalue weighted by molar-refractivity contribution is 9.10. The van der Waals surface area contributed by atoms with Gasteiger partial charge in [-0.15, -0.1) is 0 Å². The first-order chi connectivity index (χ1) is 12.8. The second kappa shape index (κ2) is 9.55. The summed E-state index contributed by atoms with van der Waals surface area (Å²) in [6, 6.07) is 9.51. The van der Waals surface area contributed by atoms with Gasteiger partial charge in [-0.1, -0.05) is 35.3 Å². The largest absolute Gasteiger partial charge is 0.493 e. The van der Waals surface area contributed by atoms with Gasteiger partial charge in [-0.2, -0.15) is 18.3 Å². The Kier molecular flexibility index (Phi) is 7.41. The Morgan fingerprint density at radius 1 is 1.26 bits per heavy atom. The van der Waals surface area contributed by atoms with Crippen LogP contribution in [0.15, 0.2) is 52.0 Å². The average Bonchev–Trinajstić information content (AvgIpc) is 2.63. The number of hydrazone groups is 1. The van der Waals surface area contributed by atoms with Crippen molar-refractivity contribution in [3.05, 3.63) is 63.6 Å². The van der Waals surface area contributed by atoms with Gasteiger partial charge in [0, 0.05) is 15.6 Å². The zero-order valence-corrected chi connectivity index (χ0v) is 16.1. The number of unbranched alkanes of at least 4 members (excludes halogenated alkanes) is 1. The van der Waals surface area contributed by atoms with Crippen LogP contribution in [0.25, 0.3) is 0 Å². The predicted octanol–water partition coefficient (Wildman–Crippen LogP) is 5.41. The highest BCUT2D eigenvalue weighted by atomic mass is 79.9. The lowest BCUT2D eigenvalue weighted by molar-refractivity contribution is -0.137. The fourth-order valence-electron chi connectivity index (χ4n) is 2.14. The molecule has 1 amide bonds. The first kappa shape index (κ1) is 21.0. The first-order valence-corrected chi connectivity index (χ1v) is 9.03. The van der Waals surface area contributed by atoms with Crippen molar-refractivity contribution in [1.82, 2.24) is 5.43 Å². The van der Waals surface area contributed by atoms with E-state index in [9.17, 15) is 18.0 Å². The molecule has 0 aromatic heterocycles. The van der Waals surface area contributed by atoms with Crippen molar-refractivity contribution in [3.63, 3.8) is 0 Å². The van der Waals surface area contributed by atoms with Crippen molar-refractivity contribution in [2.75, 3.05) is 6.61 Å². The molecule has 2 aromatic carbocycles. The fourth-order valence-corrected chi connectivity index (χ4v) is 2.52. The van der Waals surface area contributed by atoms with Crippen molar-refractivity contribution >= 4 is 28.1 Å². The Morgan fingerprint density at radius 3 is 2.74 bits per heavy atom. The van der Waals surface area contributed by atoms with Gasteiger partial charge in [0.1, 0.15) is 5.75 Å². The van der Waals surface area contributed by atoms with Gasteiger partial charge >= 0.3 is 6.18 Å². The van der Waals surface area contributed by atoms with Crippen LogP contribution in [0.1, 0.15) is 41.3 Å². The van der Waals surface area contributed by atoms with E-state index in [1.807, 2.05) is 6.07 Å². The van der Waals surface area contributed by atoms with Gasteiger partial charge in [0.2, 0.25) is 0 Å². The number of nitrogens with zero attached hydrogens (tertiary/aromatic N) is 1. The smallest absolute Gasteiger partial charge is 0.416 e. The minimum Gasteiger partial charge on any atom is -0.493 e. The van der Waals surface area contributed by atoms with Gasteiger partial charge in [0.15, 0.2) is 0 Å². The van der Waals surface area contributed by atoms with E-state index < -0.39 is 17.6 Å². The predicted molar refractivity (Wildman–Crippen MR) is 101 cm³/mol. The Bertz CT molecular complexity index is 823. The number of nitrogens with one attached hydrogen (secondary N) is 1. The molecule has 0 aliphatic carbocycles. The van der Waals surface area contributed by atoms with Crippen LogP contribution in [-0.2, 0) is 6.18 Å². The topological polar surface area (TPSA) is 50.7 Å². The third-order valence-corrected chi connectivity index (χ3v) is 4.04. The quantitative estimate of drug-likeness (QED) is 0.354. The van der Waals surface area contributed by atoms with Crippen molar-refractivity contribution in [2.45, 2.75) is 25.9 Å². The fraction of sp³-hybridized carbons (Fsp3) is 0.263. The summed E-state index contributed by atoms with van der Waals surface area (Å²) >= 11 is 3.35. The molecule has 27 heavy (non-hydrogen) atoms. The van der Waals surface area contributed by atoms with E-state index in [1.54, 1.807) is 12.1 Å². The molecule has 2 rings (SSSR count). The molecule has 4 nitrogen and oxygen atoms in total. The van der Waals surface area contributed by atoms with E-state index in [0.717, 1.165) is 29.4 Å². The van der Waals surface area contributed by atoms with Crippen LogP contribution >= 0.6 is 15.9 Å². The molecule has 0 bridgehead atoms. The van der Waals surface area contributed by atoms with Crippen molar-refractivity contribution in [2.24, 2.45) is 5.10 Å². The number of ether oxygens (including phenoxy) is 1. The van der Waals surface area contributed by atoms with Crippen LogP contribution < -0.4 is 10.2 Å². The molecule has 0 saturated heterocycles. The van der Waals surface area contributed by atoms with Crippen molar-refractivity contribution < 1.29 is 22.7 Å². The van der Waals surface area contributed by atoms with Gasteiger partial charge in [-0.3, -0.25) is 4.79 Å². The monoisotopic (exact) mass is 442 g/mol. The van der Waals surface area contributed by atoms with Crippen molar-refractivity contribution in [1.29, 1.82) is 0 Å². The number of halogens is 4. The summed E-state index contributed by atoms with van der Waals surface area (Å²) in [6.07, 6.45) is -1.23. The lowest BCUT2D eigenvalue weighted by atomic mass is 10.1. The van der Waals surface area contributed by atoms with Gasteiger partial charge < -0.3 is 4.74 Å². The Hall–Kier alpha value is -2.35. The lowest BCUT2D eigenvalue weighted by Crippen LogP contribution is -2.18. The Labute approximate surface area is 163 Å². The molecular weight excluding hydrogens is 425 g/mol. The van der Waals surface area contributed by atoms with Gasteiger partial charge in [0.25, 0.3) is 5.91 Å². The number of hydrogen-bond acceptors (Lipinski definition) is 3. The number of carbonyl (C=O) groups excluding carboxylic acids is 1. The zero-order valence-electron chi connectivity index (χ0n) is 14.5. The molecule has 0 saturated carbocycles. The van der Waals surface area contributed by atoms with Crippen molar-refractivity contribution in [3.8, 4) is 5.75 Å². The molecule has 0 fully saturated rings. The van der Waals surface area contributed by atoms with E-state index in [1.165, 1.54) is 18.3 Å². The molecule has 1 N–H and O–H groups in total. The van der Waals surface area contributed by atoms with E-state index in [0.29, 0.717) is 17.9 Å². The number of alkyl halides is 3. The van der Waals surface area contributed by atoms with E-state index in [2.05, 4.69) is 33.4 Å². The molecule has 0 radical (unpaired) electrons. The molecule has 2 aromatic rings. The molecule has 0 unspecified atom stereocenters. The first-order valence-electron chi connectivity index (χ1n) is 8.24. The Balaban J connectivity index is 2.09. The van der Waals surface area contributed by atoms with Gasteiger partial charge in [0.05, 0.1) is 18.4 Å². The molecule has 0 aliphatic heterocycles. The number of rotatable bonds is 7. The highest BCUT2D eigenvalue weighted by Crippen LogP contribution is 2.29. The molecule has 8 heteroatoms. The normalized spacial score (nSPS) is 11.6. The minimum absolute atomic E-state index is 0.129. The number of amides is 1. The third kappa shape index (κ3) is 6.39. The van der Waals surface area contributed by atoms with Crippen LogP contribution in [-0.4, -0.2) is 18.7 Å². The molecule has 0 spiro atoms. The zero-order chi connectivity index (χ0) is 19.9. The summed E-state index contributed by atoms with van der Waals surface area (Å²) in [5, 5.41) is 3.83. The summed E-state index contributed by atoms with van der Waals surface area (Å²) in [5.74, 6) is -0.135. The molecule has 0 aliphatic rings. The summed E-state index contributed by atoms with van der Waals surface area (Å²) in [6.45, 7) is 2.60. The molecule has 144 valence electrons. The summed E-state index contributed by atoms with van der Waals surface area (Å²) in [4.78, 5) is 12.0. The average molecular weight is 443 g/mol. The number of benzene rings is 2. The van der Waals surface area contributed by atoms with Crippen LogP contribution in [0.3, 0.4) is 0 Å². The number of hydrogen-bond donors (Lipinski definition) is 1. The van der Waals surface area contributed by atoms with E-state index in [-0.39, 0.29) is 5.56 Å². The Morgan fingerprint density at radius 2 is 2.04 bits per heavy atom.